The molecular weight excluding hydrogens is 464 g/mol. The van der Waals surface area contributed by atoms with E-state index in [1.54, 1.807) is 4.90 Å². The van der Waals surface area contributed by atoms with Gasteiger partial charge in [0, 0.05) is 16.9 Å². The van der Waals surface area contributed by atoms with E-state index in [9.17, 15) is 14.7 Å². The molecule has 0 saturated carbocycles. The number of methoxy groups -OCH3 is 1. The van der Waals surface area contributed by atoms with E-state index in [4.69, 9.17) is 4.74 Å². The van der Waals surface area contributed by atoms with Crippen molar-refractivity contribution in [3.05, 3.63) is 119 Å². The van der Waals surface area contributed by atoms with Crippen molar-refractivity contribution >= 4 is 34.1 Å². The standard InChI is InChI=1S/C31H28N2O4/c1-20-11-15-23(16-12-20)32-19-27(31(36)37-3)28(30(34)35)33(24-17-13-21(2)14-18-24)29(32)26-10-6-8-22-7-4-5-9-25(22)26/h4-18,29H,19H2,1-3H3,(H,34,35). The first-order valence-electron chi connectivity index (χ1n) is 12.1. The molecule has 0 amide bonds. The molecule has 0 radical (unpaired) electrons. The number of carboxylic acid groups (broad SMARTS) is 1. The Labute approximate surface area is 216 Å². The predicted molar refractivity (Wildman–Crippen MR) is 146 cm³/mol. The normalized spacial score (nSPS) is 15.7. The maximum absolute atomic E-state index is 13.0. The molecule has 0 fully saturated rings. The predicted octanol–water partition coefficient (Wildman–Crippen LogP) is 5.99. The summed E-state index contributed by atoms with van der Waals surface area (Å²) in [6, 6.07) is 29.8. The van der Waals surface area contributed by atoms with E-state index in [0.29, 0.717) is 5.69 Å². The molecule has 37 heavy (non-hydrogen) atoms. The number of benzene rings is 4. The van der Waals surface area contributed by atoms with Gasteiger partial charge in [0.05, 0.1) is 19.2 Å². The van der Waals surface area contributed by atoms with Gasteiger partial charge in [0.25, 0.3) is 0 Å². The highest BCUT2D eigenvalue weighted by Crippen LogP contribution is 2.43. The summed E-state index contributed by atoms with van der Waals surface area (Å²) in [6.07, 6.45) is -0.545. The lowest BCUT2D eigenvalue weighted by Crippen LogP contribution is -2.50. The minimum absolute atomic E-state index is 0.0770. The average Bonchev–Trinajstić information content (AvgIpc) is 2.92. The monoisotopic (exact) mass is 492 g/mol. The smallest absolute Gasteiger partial charge is 0.353 e. The fourth-order valence-electron chi connectivity index (χ4n) is 4.98. The minimum Gasteiger partial charge on any atom is -0.477 e. The molecule has 1 unspecified atom stereocenters. The van der Waals surface area contributed by atoms with Gasteiger partial charge in [0.15, 0.2) is 0 Å². The van der Waals surface area contributed by atoms with Crippen LogP contribution in [0.2, 0.25) is 0 Å². The van der Waals surface area contributed by atoms with Gasteiger partial charge in [-0.25, -0.2) is 9.59 Å². The summed E-state index contributed by atoms with van der Waals surface area (Å²) in [5.41, 5.74) is 4.62. The number of nitrogens with zero attached hydrogens (tertiary/aromatic N) is 2. The van der Waals surface area contributed by atoms with Crippen LogP contribution < -0.4 is 9.80 Å². The number of carbonyl (C=O) groups is 2. The number of aliphatic carboxylic acids is 1. The number of hydrogen-bond acceptors (Lipinski definition) is 5. The second kappa shape index (κ2) is 9.82. The van der Waals surface area contributed by atoms with Crippen molar-refractivity contribution < 1.29 is 19.4 Å². The third-order valence-electron chi connectivity index (χ3n) is 6.81. The largest absolute Gasteiger partial charge is 0.477 e. The number of carboxylic acids is 1. The molecule has 6 heteroatoms. The third kappa shape index (κ3) is 4.42. The van der Waals surface area contributed by atoms with Crippen molar-refractivity contribution in [2.75, 3.05) is 23.5 Å². The van der Waals surface area contributed by atoms with Crippen LogP contribution in [0.15, 0.2) is 102 Å². The molecule has 1 aliphatic rings. The summed E-state index contributed by atoms with van der Waals surface area (Å²) in [7, 11) is 1.28. The van der Waals surface area contributed by atoms with E-state index in [1.807, 2.05) is 105 Å². The van der Waals surface area contributed by atoms with E-state index in [1.165, 1.54) is 7.11 Å². The summed E-state index contributed by atoms with van der Waals surface area (Å²) in [5, 5.41) is 12.5. The second-order valence-corrected chi connectivity index (χ2v) is 9.23. The Morgan fingerprint density at radius 1 is 0.811 bits per heavy atom. The van der Waals surface area contributed by atoms with Gasteiger partial charge < -0.3 is 19.6 Å². The third-order valence-corrected chi connectivity index (χ3v) is 6.81. The van der Waals surface area contributed by atoms with Crippen molar-refractivity contribution in [1.82, 2.24) is 0 Å². The van der Waals surface area contributed by atoms with Gasteiger partial charge in [-0.2, -0.15) is 0 Å². The van der Waals surface area contributed by atoms with Gasteiger partial charge in [-0.05, 0) is 48.9 Å². The lowest BCUT2D eigenvalue weighted by atomic mass is 9.95. The highest BCUT2D eigenvalue weighted by atomic mass is 16.5. The Balaban J connectivity index is 1.86. The molecule has 0 aromatic heterocycles. The first-order chi connectivity index (χ1) is 17.9. The molecule has 5 rings (SSSR count). The number of rotatable bonds is 5. The van der Waals surface area contributed by atoms with Crippen molar-refractivity contribution in [2.24, 2.45) is 0 Å². The van der Waals surface area contributed by atoms with Gasteiger partial charge in [0.2, 0.25) is 0 Å². The Kier molecular flexibility index (Phi) is 6.40. The molecule has 4 aromatic rings. The Morgan fingerprint density at radius 3 is 2.03 bits per heavy atom. The number of hydrogen-bond donors (Lipinski definition) is 1. The van der Waals surface area contributed by atoms with Crippen LogP contribution in [0.3, 0.4) is 0 Å². The lowest BCUT2D eigenvalue weighted by Gasteiger charge is -2.47. The molecule has 0 spiro atoms. The molecule has 1 heterocycles. The number of anilines is 2. The fraction of sp³-hybridized carbons (Fsp3) is 0.161. The van der Waals surface area contributed by atoms with E-state index in [0.717, 1.165) is 33.2 Å². The molecule has 1 atom stereocenters. The van der Waals surface area contributed by atoms with Crippen LogP contribution >= 0.6 is 0 Å². The molecule has 0 bridgehead atoms. The highest BCUT2D eigenvalue weighted by Gasteiger charge is 2.42. The highest BCUT2D eigenvalue weighted by molar-refractivity contribution is 6.04. The van der Waals surface area contributed by atoms with Gasteiger partial charge >= 0.3 is 11.9 Å². The first kappa shape index (κ1) is 24.1. The van der Waals surface area contributed by atoms with Crippen LogP contribution in [0.4, 0.5) is 11.4 Å². The Morgan fingerprint density at radius 2 is 1.41 bits per heavy atom. The van der Waals surface area contributed by atoms with E-state index >= 15 is 0 Å². The molecule has 0 saturated heterocycles. The lowest BCUT2D eigenvalue weighted by molar-refractivity contribution is -0.138. The van der Waals surface area contributed by atoms with Crippen molar-refractivity contribution in [3.63, 3.8) is 0 Å². The molecule has 186 valence electrons. The van der Waals surface area contributed by atoms with Gasteiger partial charge in [0.1, 0.15) is 11.9 Å². The molecule has 1 aliphatic heterocycles. The molecule has 1 N–H and O–H groups in total. The Bertz CT molecular complexity index is 1500. The second-order valence-electron chi connectivity index (χ2n) is 9.23. The van der Waals surface area contributed by atoms with Crippen LogP contribution in [0.1, 0.15) is 22.9 Å². The number of aryl methyl sites for hydroxylation is 2. The quantitative estimate of drug-likeness (QED) is 0.345. The summed E-state index contributed by atoms with van der Waals surface area (Å²) in [4.78, 5) is 29.7. The summed E-state index contributed by atoms with van der Waals surface area (Å²) >= 11 is 0. The van der Waals surface area contributed by atoms with Gasteiger partial charge in [-0.1, -0.05) is 77.9 Å². The number of esters is 1. The van der Waals surface area contributed by atoms with Gasteiger partial charge in [-0.15, -0.1) is 0 Å². The molecule has 4 aromatic carbocycles. The fourth-order valence-corrected chi connectivity index (χ4v) is 4.98. The SMILES string of the molecule is COC(=O)C1=C(C(=O)O)N(c2ccc(C)cc2)C(c2cccc3ccccc23)N(c2ccc(C)cc2)C1. The van der Waals surface area contributed by atoms with E-state index in [-0.39, 0.29) is 17.8 Å². The van der Waals surface area contributed by atoms with E-state index < -0.39 is 18.1 Å². The average molecular weight is 493 g/mol. The summed E-state index contributed by atoms with van der Waals surface area (Å²) in [6.45, 7) is 4.07. The first-order valence-corrected chi connectivity index (χ1v) is 12.1. The number of fused-ring (bicyclic) bond motifs is 1. The van der Waals surface area contributed by atoms with Crippen molar-refractivity contribution in [3.8, 4) is 0 Å². The molecule has 0 aliphatic carbocycles. The van der Waals surface area contributed by atoms with Crippen LogP contribution in [0.5, 0.6) is 0 Å². The molecule has 6 nitrogen and oxygen atoms in total. The van der Waals surface area contributed by atoms with Crippen molar-refractivity contribution in [1.29, 1.82) is 0 Å². The topological polar surface area (TPSA) is 70.1 Å². The zero-order valence-corrected chi connectivity index (χ0v) is 21.0. The maximum atomic E-state index is 13.0. The zero-order chi connectivity index (χ0) is 26.1. The zero-order valence-electron chi connectivity index (χ0n) is 21.0. The summed E-state index contributed by atoms with van der Waals surface area (Å²) in [5.74, 6) is -1.85. The van der Waals surface area contributed by atoms with Crippen LogP contribution in [-0.4, -0.2) is 30.7 Å². The van der Waals surface area contributed by atoms with Crippen LogP contribution in [0, 0.1) is 13.8 Å². The number of ether oxygens (including phenoxy) is 1. The Hall–Kier alpha value is -4.58. The van der Waals surface area contributed by atoms with Crippen LogP contribution in [0.25, 0.3) is 10.8 Å². The molecular formula is C31H28N2O4. The summed E-state index contributed by atoms with van der Waals surface area (Å²) < 4.78 is 5.07. The van der Waals surface area contributed by atoms with Crippen molar-refractivity contribution in [2.45, 2.75) is 20.0 Å². The minimum atomic E-state index is -1.19. The van der Waals surface area contributed by atoms with E-state index in [2.05, 4.69) is 4.90 Å². The number of carbonyl (C=O) groups excluding carboxylic acids is 1. The van der Waals surface area contributed by atoms with Gasteiger partial charge in [-0.3, -0.25) is 0 Å². The van der Waals surface area contributed by atoms with Crippen LogP contribution in [-0.2, 0) is 14.3 Å². The maximum Gasteiger partial charge on any atom is 0.353 e.